The number of carbonyl (C=O) groups excluding carboxylic acids is 1. The van der Waals surface area contributed by atoms with E-state index in [2.05, 4.69) is 15.3 Å². The molecule has 88 valence electrons. The average molecular weight is 268 g/mol. The first kappa shape index (κ1) is 12.0. The van der Waals surface area contributed by atoms with E-state index in [1.54, 1.807) is 0 Å². The van der Waals surface area contributed by atoms with Crippen molar-refractivity contribution < 1.29 is 4.79 Å². The minimum Gasteiger partial charge on any atom is -0.305 e. The number of carbonyl (C=O) groups is 1. The van der Waals surface area contributed by atoms with Gasteiger partial charge in [0.1, 0.15) is 5.15 Å². The van der Waals surface area contributed by atoms with Gasteiger partial charge in [-0.2, -0.15) is 0 Å². The highest BCUT2D eigenvalue weighted by Gasteiger charge is 2.11. The fourth-order valence-corrected chi connectivity index (χ4v) is 2.27. The first-order valence-corrected chi connectivity index (χ1v) is 6.11. The maximum Gasteiger partial charge on any atom is 0.266 e. The first-order chi connectivity index (χ1) is 8.06. The lowest BCUT2D eigenvalue weighted by Gasteiger charge is -2.01. The number of aromatic nitrogens is 2. The van der Waals surface area contributed by atoms with Gasteiger partial charge in [0.2, 0.25) is 0 Å². The van der Waals surface area contributed by atoms with Gasteiger partial charge in [0.25, 0.3) is 5.91 Å². The molecule has 0 saturated heterocycles. The Labute approximate surface area is 108 Å². The molecule has 0 spiro atoms. The molecule has 2 heterocycles. The monoisotopic (exact) mass is 267 g/mol. The van der Waals surface area contributed by atoms with Crippen LogP contribution in [0.1, 0.15) is 20.1 Å². The van der Waals surface area contributed by atoms with E-state index in [4.69, 9.17) is 11.6 Å². The van der Waals surface area contributed by atoms with Crippen LogP contribution in [0, 0.1) is 13.8 Å². The summed E-state index contributed by atoms with van der Waals surface area (Å²) in [6.07, 6.45) is 2.82. The van der Waals surface area contributed by atoms with Crippen molar-refractivity contribution in [3.8, 4) is 0 Å². The van der Waals surface area contributed by atoms with Crippen molar-refractivity contribution in [3.05, 3.63) is 38.9 Å². The number of nitrogens with zero attached hydrogens (tertiary/aromatic N) is 2. The molecule has 0 saturated carbocycles. The molecule has 0 aliphatic heterocycles. The van der Waals surface area contributed by atoms with Gasteiger partial charge in [-0.25, -0.2) is 9.97 Å². The number of anilines is 1. The summed E-state index contributed by atoms with van der Waals surface area (Å²) in [6, 6.07) is 1.86. The van der Waals surface area contributed by atoms with Crippen LogP contribution in [-0.2, 0) is 0 Å². The molecule has 1 N–H and O–H groups in total. The quantitative estimate of drug-likeness (QED) is 0.910. The first-order valence-electron chi connectivity index (χ1n) is 4.92. The predicted molar refractivity (Wildman–Crippen MR) is 68.8 cm³/mol. The Morgan fingerprint density at radius 1 is 1.35 bits per heavy atom. The summed E-state index contributed by atoms with van der Waals surface area (Å²) in [6.45, 7) is 3.96. The van der Waals surface area contributed by atoms with Gasteiger partial charge in [0, 0.05) is 4.88 Å². The molecule has 0 atom stereocenters. The second kappa shape index (κ2) is 4.81. The third-order valence-corrected chi connectivity index (χ3v) is 3.60. The summed E-state index contributed by atoms with van der Waals surface area (Å²) in [7, 11) is 0. The van der Waals surface area contributed by atoms with Crippen LogP contribution in [0.15, 0.2) is 18.5 Å². The van der Waals surface area contributed by atoms with Crippen molar-refractivity contribution in [2.45, 2.75) is 13.8 Å². The van der Waals surface area contributed by atoms with E-state index in [0.717, 1.165) is 10.4 Å². The lowest BCUT2D eigenvalue weighted by atomic mass is 10.3. The minimum atomic E-state index is -0.178. The van der Waals surface area contributed by atoms with E-state index >= 15 is 0 Å². The van der Waals surface area contributed by atoms with E-state index in [9.17, 15) is 4.79 Å². The highest BCUT2D eigenvalue weighted by atomic mass is 35.5. The zero-order valence-corrected chi connectivity index (χ0v) is 10.9. The van der Waals surface area contributed by atoms with Crippen molar-refractivity contribution in [2.24, 2.45) is 0 Å². The number of rotatable bonds is 2. The third-order valence-electron chi connectivity index (χ3n) is 2.25. The Morgan fingerprint density at radius 2 is 2.12 bits per heavy atom. The second-order valence-electron chi connectivity index (χ2n) is 3.53. The lowest BCUT2D eigenvalue weighted by molar-refractivity contribution is 0.103. The van der Waals surface area contributed by atoms with Gasteiger partial charge < -0.3 is 5.32 Å². The fourth-order valence-electron chi connectivity index (χ4n) is 1.24. The van der Waals surface area contributed by atoms with Gasteiger partial charge in [0.05, 0.1) is 17.3 Å². The number of thiophene rings is 1. The van der Waals surface area contributed by atoms with Crippen LogP contribution < -0.4 is 5.32 Å². The van der Waals surface area contributed by atoms with Crippen LogP contribution in [0.2, 0.25) is 5.15 Å². The van der Waals surface area contributed by atoms with Crippen molar-refractivity contribution in [1.29, 1.82) is 0 Å². The molecule has 2 rings (SSSR count). The number of hydrogen-bond donors (Lipinski definition) is 1. The SMILES string of the molecule is Cc1cc(C(=O)Nc2cnc(Cl)cn2)sc1C. The smallest absolute Gasteiger partial charge is 0.266 e. The number of halogens is 1. The van der Waals surface area contributed by atoms with Gasteiger partial charge in [-0.15, -0.1) is 11.3 Å². The molecule has 2 aromatic heterocycles. The molecule has 17 heavy (non-hydrogen) atoms. The Morgan fingerprint density at radius 3 is 2.65 bits per heavy atom. The van der Waals surface area contributed by atoms with Gasteiger partial charge in [0.15, 0.2) is 5.82 Å². The van der Waals surface area contributed by atoms with E-state index in [1.807, 2.05) is 19.9 Å². The van der Waals surface area contributed by atoms with E-state index in [0.29, 0.717) is 15.8 Å². The van der Waals surface area contributed by atoms with Crippen LogP contribution in [0.3, 0.4) is 0 Å². The largest absolute Gasteiger partial charge is 0.305 e. The fraction of sp³-hybridized carbons (Fsp3) is 0.182. The van der Waals surface area contributed by atoms with Crippen LogP contribution in [0.5, 0.6) is 0 Å². The van der Waals surface area contributed by atoms with E-state index in [-0.39, 0.29) is 5.91 Å². The molecule has 0 radical (unpaired) electrons. The lowest BCUT2D eigenvalue weighted by Crippen LogP contribution is -2.11. The van der Waals surface area contributed by atoms with Crippen LogP contribution >= 0.6 is 22.9 Å². The third kappa shape index (κ3) is 2.81. The number of hydrogen-bond acceptors (Lipinski definition) is 4. The van der Waals surface area contributed by atoms with Gasteiger partial charge in [-0.3, -0.25) is 4.79 Å². The summed E-state index contributed by atoms with van der Waals surface area (Å²) in [5.74, 6) is 0.214. The zero-order chi connectivity index (χ0) is 12.4. The Kier molecular flexibility index (Phi) is 3.40. The number of amides is 1. The second-order valence-corrected chi connectivity index (χ2v) is 5.17. The van der Waals surface area contributed by atoms with Gasteiger partial charge in [-0.05, 0) is 25.5 Å². The summed E-state index contributed by atoms with van der Waals surface area (Å²) in [5.41, 5.74) is 1.11. The summed E-state index contributed by atoms with van der Waals surface area (Å²) >= 11 is 7.06. The summed E-state index contributed by atoms with van der Waals surface area (Å²) in [5, 5.41) is 2.96. The molecule has 0 unspecified atom stereocenters. The predicted octanol–water partition coefficient (Wildman–Crippen LogP) is 3.06. The van der Waals surface area contributed by atoms with Crippen molar-refractivity contribution in [1.82, 2.24) is 9.97 Å². The molecular weight excluding hydrogens is 258 g/mol. The maximum absolute atomic E-state index is 11.9. The maximum atomic E-state index is 11.9. The molecule has 0 aliphatic rings. The molecule has 2 aromatic rings. The average Bonchev–Trinajstić information content (AvgIpc) is 2.63. The Bertz CT molecular complexity index is 531. The summed E-state index contributed by atoms with van der Waals surface area (Å²) in [4.78, 5) is 21.5. The van der Waals surface area contributed by atoms with E-state index < -0.39 is 0 Å². The van der Waals surface area contributed by atoms with Crippen molar-refractivity contribution in [2.75, 3.05) is 5.32 Å². The van der Waals surface area contributed by atoms with Crippen LogP contribution in [-0.4, -0.2) is 15.9 Å². The molecule has 0 aromatic carbocycles. The van der Waals surface area contributed by atoms with E-state index in [1.165, 1.54) is 23.7 Å². The molecule has 0 fully saturated rings. The molecule has 1 amide bonds. The van der Waals surface area contributed by atoms with Crippen molar-refractivity contribution >= 4 is 34.7 Å². The number of aryl methyl sites for hydroxylation is 2. The normalized spacial score (nSPS) is 10.3. The number of nitrogens with one attached hydrogen (secondary N) is 1. The topological polar surface area (TPSA) is 54.9 Å². The molecule has 0 bridgehead atoms. The Hall–Kier alpha value is -1.46. The van der Waals surface area contributed by atoms with Crippen LogP contribution in [0.25, 0.3) is 0 Å². The summed E-state index contributed by atoms with van der Waals surface area (Å²) < 4.78 is 0. The highest BCUT2D eigenvalue weighted by molar-refractivity contribution is 7.14. The zero-order valence-electron chi connectivity index (χ0n) is 9.32. The standard InChI is InChI=1S/C11H10ClN3OS/c1-6-3-8(17-7(6)2)11(16)15-10-5-13-9(12)4-14-10/h3-5H,1-2H3,(H,14,15,16). The van der Waals surface area contributed by atoms with Crippen molar-refractivity contribution in [3.63, 3.8) is 0 Å². The molecule has 6 heteroatoms. The highest BCUT2D eigenvalue weighted by Crippen LogP contribution is 2.21. The molecule has 4 nitrogen and oxygen atoms in total. The minimum absolute atomic E-state index is 0.178. The molecular formula is C11H10ClN3OS. The molecule has 0 aliphatic carbocycles. The van der Waals surface area contributed by atoms with Gasteiger partial charge >= 0.3 is 0 Å². The Balaban J connectivity index is 2.14. The van der Waals surface area contributed by atoms with Gasteiger partial charge in [-0.1, -0.05) is 11.6 Å². The van der Waals surface area contributed by atoms with Crippen LogP contribution in [0.4, 0.5) is 5.82 Å².